The third kappa shape index (κ3) is 2.44. The Labute approximate surface area is 128 Å². The molecule has 0 bridgehead atoms. The number of nitrogens with zero attached hydrogens (tertiary/aromatic N) is 3. The fraction of sp³-hybridized carbons (Fsp3) is 0.143. The molecule has 0 amide bonds. The minimum Gasteiger partial charge on any atom is -0.482 e. The van der Waals surface area contributed by atoms with E-state index in [4.69, 9.17) is 9.47 Å². The molecule has 7 heteroatoms. The first kappa shape index (κ1) is 13.8. The van der Waals surface area contributed by atoms with Crippen molar-refractivity contribution in [3.8, 4) is 23.0 Å². The van der Waals surface area contributed by atoms with Gasteiger partial charge in [-0.1, -0.05) is 0 Å². The van der Waals surface area contributed by atoms with E-state index in [0.29, 0.717) is 27.7 Å². The molecule has 0 fully saturated rings. The highest BCUT2D eigenvalue weighted by Gasteiger charge is 2.13. The van der Waals surface area contributed by atoms with E-state index in [1.807, 2.05) is 0 Å². The Morgan fingerprint density at radius 2 is 1.95 bits per heavy atom. The number of hydrogen-bond acceptors (Lipinski definition) is 4. The minimum atomic E-state index is -0.313. The zero-order valence-corrected chi connectivity index (χ0v) is 12.9. The Bertz CT molecular complexity index is 819. The maximum atomic E-state index is 13.2. The first-order valence-electron chi connectivity index (χ1n) is 6.06. The van der Waals surface area contributed by atoms with Gasteiger partial charge in [0.2, 0.25) is 17.5 Å². The molecular formula is C14H11BrFN3O2. The quantitative estimate of drug-likeness (QED) is 0.726. The number of benzene rings is 1. The molecule has 3 aromatic rings. The van der Waals surface area contributed by atoms with E-state index in [0.717, 1.165) is 5.56 Å². The number of rotatable bonds is 3. The Morgan fingerprint density at radius 3 is 2.62 bits per heavy atom. The second kappa shape index (κ2) is 5.33. The topological polar surface area (TPSA) is 48.7 Å². The largest absolute Gasteiger partial charge is 0.482 e. The monoisotopic (exact) mass is 351 g/mol. The van der Waals surface area contributed by atoms with E-state index in [2.05, 4.69) is 25.9 Å². The van der Waals surface area contributed by atoms with Gasteiger partial charge in [0.05, 0.1) is 26.0 Å². The molecule has 0 N–H and O–H groups in total. The van der Waals surface area contributed by atoms with Crippen molar-refractivity contribution in [2.75, 3.05) is 14.2 Å². The normalized spacial score (nSPS) is 10.9. The van der Waals surface area contributed by atoms with Gasteiger partial charge in [0.1, 0.15) is 5.82 Å². The summed E-state index contributed by atoms with van der Waals surface area (Å²) in [6.07, 6.45) is 1.78. The molecule has 0 aliphatic rings. The standard InChI is InChI=1S/C14H11BrFN3O2/c1-20-12-6-13(21-2)19-7-11(17-14(19)18-12)9-4-3-8(16)5-10(9)15/h3-7H,1-2H3. The Kier molecular flexibility index (Phi) is 3.50. The maximum absolute atomic E-state index is 13.2. The lowest BCUT2D eigenvalue weighted by atomic mass is 10.2. The van der Waals surface area contributed by atoms with E-state index in [9.17, 15) is 4.39 Å². The van der Waals surface area contributed by atoms with Crippen LogP contribution in [-0.4, -0.2) is 28.6 Å². The third-order valence-corrected chi connectivity index (χ3v) is 3.66. The lowest BCUT2D eigenvalue weighted by molar-refractivity contribution is 0.369. The van der Waals surface area contributed by atoms with E-state index in [1.165, 1.54) is 19.2 Å². The van der Waals surface area contributed by atoms with Crippen molar-refractivity contribution in [3.63, 3.8) is 0 Å². The molecule has 108 valence electrons. The van der Waals surface area contributed by atoms with Gasteiger partial charge in [-0.05, 0) is 34.1 Å². The van der Waals surface area contributed by atoms with Gasteiger partial charge in [0.25, 0.3) is 0 Å². The highest BCUT2D eigenvalue weighted by atomic mass is 79.9. The van der Waals surface area contributed by atoms with Gasteiger partial charge in [0.15, 0.2) is 0 Å². The van der Waals surface area contributed by atoms with Crippen molar-refractivity contribution in [2.45, 2.75) is 0 Å². The molecule has 0 radical (unpaired) electrons. The first-order valence-corrected chi connectivity index (χ1v) is 6.85. The van der Waals surface area contributed by atoms with E-state index in [-0.39, 0.29) is 5.82 Å². The fourth-order valence-corrected chi connectivity index (χ4v) is 2.56. The van der Waals surface area contributed by atoms with Crippen molar-refractivity contribution in [2.24, 2.45) is 0 Å². The average molecular weight is 352 g/mol. The smallest absolute Gasteiger partial charge is 0.240 e. The van der Waals surface area contributed by atoms with Crippen LogP contribution in [0.4, 0.5) is 4.39 Å². The Hall–Kier alpha value is -2.15. The van der Waals surface area contributed by atoms with Gasteiger partial charge in [-0.2, -0.15) is 4.98 Å². The van der Waals surface area contributed by atoms with Crippen LogP contribution in [0.25, 0.3) is 17.0 Å². The summed E-state index contributed by atoms with van der Waals surface area (Å²) in [4.78, 5) is 8.69. The molecule has 3 rings (SSSR count). The van der Waals surface area contributed by atoms with Crippen LogP contribution in [0.1, 0.15) is 0 Å². The predicted molar refractivity (Wildman–Crippen MR) is 79.2 cm³/mol. The van der Waals surface area contributed by atoms with Crippen LogP contribution >= 0.6 is 15.9 Å². The SMILES string of the molecule is COc1cc(OC)n2cc(-c3ccc(F)cc3Br)nc2n1. The molecule has 5 nitrogen and oxygen atoms in total. The van der Waals surface area contributed by atoms with Crippen LogP contribution in [0.5, 0.6) is 11.8 Å². The van der Waals surface area contributed by atoms with Crippen LogP contribution in [0, 0.1) is 5.82 Å². The molecule has 21 heavy (non-hydrogen) atoms. The van der Waals surface area contributed by atoms with Crippen LogP contribution in [-0.2, 0) is 0 Å². The third-order valence-electron chi connectivity index (χ3n) is 3.01. The predicted octanol–water partition coefficient (Wildman–Crippen LogP) is 3.32. The summed E-state index contributed by atoms with van der Waals surface area (Å²) in [5.41, 5.74) is 1.42. The molecule has 0 saturated carbocycles. The Morgan fingerprint density at radius 1 is 1.14 bits per heavy atom. The van der Waals surface area contributed by atoms with Gasteiger partial charge in [0, 0.05) is 16.2 Å². The molecule has 0 saturated heterocycles. The summed E-state index contributed by atoms with van der Waals surface area (Å²) in [5.74, 6) is 1.09. The molecular weight excluding hydrogens is 341 g/mol. The van der Waals surface area contributed by atoms with Gasteiger partial charge in [-0.25, -0.2) is 9.37 Å². The van der Waals surface area contributed by atoms with Gasteiger partial charge in [-0.3, -0.25) is 4.40 Å². The van der Waals surface area contributed by atoms with Crippen LogP contribution in [0.3, 0.4) is 0 Å². The zero-order chi connectivity index (χ0) is 15.0. The van der Waals surface area contributed by atoms with E-state index >= 15 is 0 Å². The zero-order valence-electron chi connectivity index (χ0n) is 11.3. The van der Waals surface area contributed by atoms with Crippen molar-refractivity contribution in [1.29, 1.82) is 0 Å². The first-order chi connectivity index (χ1) is 10.1. The highest BCUT2D eigenvalue weighted by Crippen LogP contribution is 2.30. The second-order valence-corrected chi connectivity index (χ2v) is 5.12. The van der Waals surface area contributed by atoms with Crippen molar-refractivity contribution in [3.05, 3.63) is 40.8 Å². The summed E-state index contributed by atoms with van der Waals surface area (Å²) in [5, 5.41) is 0. The van der Waals surface area contributed by atoms with E-state index in [1.54, 1.807) is 29.8 Å². The fourth-order valence-electron chi connectivity index (χ4n) is 2.01. The van der Waals surface area contributed by atoms with Gasteiger partial charge in [-0.15, -0.1) is 0 Å². The van der Waals surface area contributed by atoms with Crippen molar-refractivity contribution < 1.29 is 13.9 Å². The lowest BCUT2D eigenvalue weighted by Gasteiger charge is -2.04. The molecule has 2 aromatic heterocycles. The van der Waals surface area contributed by atoms with Crippen molar-refractivity contribution in [1.82, 2.24) is 14.4 Å². The number of methoxy groups -OCH3 is 2. The molecule has 2 heterocycles. The summed E-state index contributed by atoms with van der Waals surface area (Å²) >= 11 is 3.34. The van der Waals surface area contributed by atoms with Gasteiger partial charge >= 0.3 is 0 Å². The van der Waals surface area contributed by atoms with Crippen LogP contribution < -0.4 is 9.47 Å². The van der Waals surface area contributed by atoms with Gasteiger partial charge < -0.3 is 9.47 Å². The highest BCUT2D eigenvalue weighted by molar-refractivity contribution is 9.10. The maximum Gasteiger partial charge on any atom is 0.240 e. The number of imidazole rings is 1. The molecule has 0 aliphatic carbocycles. The summed E-state index contributed by atoms with van der Waals surface area (Å²) in [6.45, 7) is 0. The number of halogens is 2. The van der Waals surface area contributed by atoms with E-state index < -0.39 is 0 Å². The lowest BCUT2D eigenvalue weighted by Crippen LogP contribution is -1.97. The molecule has 1 aromatic carbocycles. The summed E-state index contributed by atoms with van der Waals surface area (Å²) < 4.78 is 25.9. The minimum absolute atomic E-state index is 0.313. The number of fused-ring (bicyclic) bond motifs is 1. The number of aromatic nitrogens is 3. The summed E-state index contributed by atoms with van der Waals surface area (Å²) in [6, 6.07) is 6.10. The molecule has 0 unspecified atom stereocenters. The van der Waals surface area contributed by atoms with Crippen LogP contribution in [0.15, 0.2) is 34.9 Å². The second-order valence-electron chi connectivity index (χ2n) is 4.26. The molecule has 0 spiro atoms. The van der Waals surface area contributed by atoms with Crippen LogP contribution in [0.2, 0.25) is 0 Å². The average Bonchev–Trinajstić information content (AvgIpc) is 2.89. The number of ether oxygens (including phenoxy) is 2. The Balaban J connectivity index is 2.20. The molecule has 0 aliphatic heterocycles. The summed E-state index contributed by atoms with van der Waals surface area (Å²) in [7, 11) is 3.08. The number of hydrogen-bond donors (Lipinski definition) is 0. The van der Waals surface area contributed by atoms with Crippen molar-refractivity contribution >= 4 is 21.7 Å². The molecule has 0 atom stereocenters.